The zero-order valence-electron chi connectivity index (χ0n) is 12.9. The second-order valence-corrected chi connectivity index (χ2v) is 5.14. The average Bonchev–Trinajstić information content (AvgIpc) is 2.67. The fraction of sp³-hybridized carbons (Fsp3) is 0. The summed E-state index contributed by atoms with van der Waals surface area (Å²) in [5.41, 5.74) is 5.63. The number of amides is 1. The highest BCUT2D eigenvalue weighted by Gasteiger charge is 2.13. The zero-order chi connectivity index (χ0) is 16.8. The van der Waals surface area contributed by atoms with E-state index in [4.69, 9.17) is 5.26 Å². The highest BCUT2D eigenvalue weighted by molar-refractivity contribution is 5.96. The van der Waals surface area contributed by atoms with Crippen molar-refractivity contribution < 1.29 is 4.79 Å². The van der Waals surface area contributed by atoms with Gasteiger partial charge in [0.1, 0.15) is 0 Å². The first kappa shape index (κ1) is 15.3. The van der Waals surface area contributed by atoms with Crippen LogP contribution in [0.25, 0.3) is 0 Å². The number of hydrazine groups is 1. The van der Waals surface area contributed by atoms with Crippen LogP contribution in [0.4, 0.5) is 11.4 Å². The smallest absolute Gasteiger partial charge is 0.267 e. The number of hydrogen-bond acceptors (Lipinski definition) is 3. The minimum absolute atomic E-state index is 0.243. The third-order valence-corrected chi connectivity index (χ3v) is 3.52. The van der Waals surface area contributed by atoms with Crippen molar-refractivity contribution in [2.75, 3.05) is 5.01 Å². The summed E-state index contributed by atoms with van der Waals surface area (Å²) in [5.74, 6) is -0.243. The first-order chi connectivity index (χ1) is 11.8. The molecule has 116 valence electrons. The summed E-state index contributed by atoms with van der Waals surface area (Å²) in [7, 11) is 0. The summed E-state index contributed by atoms with van der Waals surface area (Å²) in [6, 6.07) is 27.8. The molecule has 0 heterocycles. The Morgan fingerprint density at radius 2 is 1.29 bits per heavy atom. The van der Waals surface area contributed by atoms with Crippen LogP contribution < -0.4 is 10.4 Å². The van der Waals surface area contributed by atoms with Crippen LogP contribution >= 0.6 is 0 Å². The molecule has 4 nitrogen and oxygen atoms in total. The topological polar surface area (TPSA) is 56.1 Å². The number of para-hydroxylation sites is 2. The fourth-order valence-electron chi connectivity index (χ4n) is 2.29. The Balaban J connectivity index is 1.89. The number of hydrogen-bond donors (Lipinski definition) is 1. The lowest BCUT2D eigenvalue weighted by molar-refractivity contribution is 0.0953. The van der Waals surface area contributed by atoms with Crippen molar-refractivity contribution in [2.45, 2.75) is 0 Å². The van der Waals surface area contributed by atoms with E-state index < -0.39 is 0 Å². The number of nitriles is 1. The van der Waals surface area contributed by atoms with E-state index in [2.05, 4.69) is 5.43 Å². The number of carbonyl (C=O) groups excluding carboxylic acids is 1. The Bertz CT molecular complexity index is 813. The minimum Gasteiger partial charge on any atom is -0.267 e. The highest BCUT2D eigenvalue weighted by atomic mass is 16.2. The van der Waals surface area contributed by atoms with Crippen LogP contribution in [0.15, 0.2) is 84.9 Å². The molecule has 0 aromatic heterocycles. The van der Waals surface area contributed by atoms with E-state index >= 15 is 0 Å². The van der Waals surface area contributed by atoms with Crippen molar-refractivity contribution >= 4 is 17.3 Å². The molecule has 0 radical (unpaired) electrons. The van der Waals surface area contributed by atoms with Crippen LogP contribution in [0.3, 0.4) is 0 Å². The van der Waals surface area contributed by atoms with E-state index in [-0.39, 0.29) is 5.91 Å². The van der Waals surface area contributed by atoms with Crippen molar-refractivity contribution in [3.8, 4) is 6.07 Å². The van der Waals surface area contributed by atoms with E-state index in [1.54, 1.807) is 29.3 Å². The molecular formula is C20H15N3O. The second kappa shape index (κ2) is 7.12. The molecule has 24 heavy (non-hydrogen) atoms. The van der Waals surface area contributed by atoms with E-state index in [0.717, 1.165) is 11.4 Å². The molecule has 3 aromatic rings. The van der Waals surface area contributed by atoms with Crippen molar-refractivity contribution in [1.82, 2.24) is 5.43 Å². The van der Waals surface area contributed by atoms with E-state index in [1.807, 2.05) is 66.7 Å². The van der Waals surface area contributed by atoms with Gasteiger partial charge in [-0.25, -0.2) is 0 Å². The Labute approximate surface area is 140 Å². The van der Waals surface area contributed by atoms with Gasteiger partial charge in [0.2, 0.25) is 0 Å². The van der Waals surface area contributed by atoms with Gasteiger partial charge in [-0.15, -0.1) is 0 Å². The van der Waals surface area contributed by atoms with Gasteiger partial charge in [0.05, 0.1) is 23.0 Å². The average molecular weight is 313 g/mol. The van der Waals surface area contributed by atoms with Crippen LogP contribution in [0.1, 0.15) is 15.9 Å². The number of carbonyl (C=O) groups is 1. The molecule has 3 aromatic carbocycles. The molecule has 0 fully saturated rings. The molecule has 0 aliphatic heterocycles. The lowest BCUT2D eigenvalue weighted by Gasteiger charge is -2.25. The molecule has 0 unspecified atom stereocenters. The molecule has 0 saturated heterocycles. The summed E-state index contributed by atoms with van der Waals surface area (Å²) in [6.07, 6.45) is 0. The molecule has 0 aliphatic rings. The number of anilines is 2. The van der Waals surface area contributed by atoms with Crippen LogP contribution in [0.2, 0.25) is 0 Å². The van der Waals surface area contributed by atoms with E-state index in [1.165, 1.54) is 0 Å². The van der Waals surface area contributed by atoms with E-state index in [9.17, 15) is 4.79 Å². The predicted octanol–water partition coefficient (Wildman–Crippen LogP) is 4.04. The number of rotatable bonds is 4. The van der Waals surface area contributed by atoms with Crippen LogP contribution in [0, 0.1) is 11.3 Å². The van der Waals surface area contributed by atoms with Gasteiger partial charge in [-0.2, -0.15) is 5.26 Å². The minimum atomic E-state index is -0.243. The largest absolute Gasteiger partial charge is 0.270 e. The van der Waals surface area contributed by atoms with Crippen molar-refractivity contribution in [1.29, 1.82) is 5.26 Å². The fourth-order valence-corrected chi connectivity index (χ4v) is 2.29. The maximum Gasteiger partial charge on any atom is 0.270 e. The van der Waals surface area contributed by atoms with Gasteiger partial charge < -0.3 is 0 Å². The Kier molecular flexibility index (Phi) is 4.55. The standard InChI is InChI=1S/C20H15N3O/c21-15-16-11-13-17(14-12-16)20(24)22-23(18-7-3-1-4-8-18)19-9-5-2-6-10-19/h1-14H,(H,22,24). The number of nitrogens with zero attached hydrogens (tertiary/aromatic N) is 2. The van der Waals surface area contributed by atoms with Crippen LogP contribution in [-0.2, 0) is 0 Å². The van der Waals surface area contributed by atoms with Gasteiger partial charge in [-0.05, 0) is 48.5 Å². The number of benzene rings is 3. The molecule has 3 rings (SSSR count). The maximum absolute atomic E-state index is 12.6. The molecule has 1 N–H and O–H groups in total. The molecule has 0 bridgehead atoms. The van der Waals surface area contributed by atoms with Gasteiger partial charge in [0, 0.05) is 5.56 Å². The van der Waals surface area contributed by atoms with Gasteiger partial charge in [-0.3, -0.25) is 15.2 Å². The maximum atomic E-state index is 12.6. The van der Waals surface area contributed by atoms with E-state index in [0.29, 0.717) is 11.1 Å². The molecule has 4 heteroatoms. The normalized spacial score (nSPS) is 9.79. The monoisotopic (exact) mass is 313 g/mol. The lowest BCUT2D eigenvalue weighted by atomic mass is 10.1. The van der Waals surface area contributed by atoms with Crippen LogP contribution in [-0.4, -0.2) is 5.91 Å². The first-order valence-electron chi connectivity index (χ1n) is 7.49. The lowest BCUT2D eigenvalue weighted by Crippen LogP contribution is -2.38. The third-order valence-electron chi connectivity index (χ3n) is 3.52. The number of nitrogens with one attached hydrogen (secondary N) is 1. The Morgan fingerprint density at radius 1 is 0.792 bits per heavy atom. The van der Waals surface area contributed by atoms with Crippen LogP contribution in [0.5, 0.6) is 0 Å². The third kappa shape index (κ3) is 3.42. The molecule has 0 aliphatic carbocycles. The Hall–Kier alpha value is -3.58. The molecular weight excluding hydrogens is 298 g/mol. The summed E-state index contributed by atoms with van der Waals surface area (Å²) < 4.78 is 0. The zero-order valence-corrected chi connectivity index (χ0v) is 12.9. The molecule has 1 amide bonds. The van der Waals surface area contributed by atoms with Crippen molar-refractivity contribution in [2.24, 2.45) is 0 Å². The molecule has 0 saturated carbocycles. The highest BCUT2D eigenvalue weighted by Crippen LogP contribution is 2.22. The molecule has 0 atom stereocenters. The first-order valence-corrected chi connectivity index (χ1v) is 7.49. The summed E-state index contributed by atoms with van der Waals surface area (Å²) in [6.45, 7) is 0. The quantitative estimate of drug-likeness (QED) is 0.740. The van der Waals surface area contributed by atoms with Gasteiger partial charge in [-0.1, -0.05) is 36.4 Å². The Morgan fingerprint density at radius 3 is 1.75 bits per heavy atom. The predicted molar refractivity (Wildman–Crippen MR) is 93.6 cm³/mol. The van der Waals surface area contributed by atoms with Gasteiger partial charge >= 0.3 is 0 Å². The van der Waals surface area contributed by atoms with Crippen molar-refractivity contribution in [3.05, 3.63) is 96.1 Å². The van der Waals surface area contributed by atoms with Gasteiger partial charge in [0.25, 0.3) is 5.91 Å². The summed E-state index contributed by atoms with van der Waals surface area (Å²) >= 11 is 0. The second-order valence-electron chi connectivity index (χ2n) is 5.14. The van der Waals surface area contributed by atoms with Crippen molar-refractivity contribution in [3.63, 3.8) is 0 Å². The molecule has 0 spiro atoms. The van der Waals surface area contributed by atoms with Gasteiger partial charge in [0.15, 0.2) is 0 Å². The SMILES string of the molecule is N#Cc1ccc(C(=O)NN(c2ccccc2)c2ccccc2)cc1. The summed E-state index contributed by atoms with van der Waals surface area (Å²) in [4.78, 5) is 12.6. The summed E-state index contributed by atoms with van der Waals surface area (Å²) in [5, 5.41) is 10.6.